The number of hydrogen-bond donors (Lipinski definition) is 0. The van der Waals surface area contributed by atoms with Crippen LogP contribution in [0.4, 0.5) is 0 Å². The van der Waals surface area contributed by atoms with Crippen molar-refractivity contribution in [1.29, 1.82) is 0 Å². The van der Waals surface area contributed by atoms with E-state index < -0.39 is 0 Å². The van der Waals surface area contributed by atoms with Gasteiger partial charge >= 0.3 is 0 Å². The van der Waals surface area contributed by atoms with Crippen molar-refractivity contribution in [2.75, 3.05) is 0 Å². The summed E-state index contributed by atoms with van der Waals surface area (Å²) in [5, 5.41) is 15.0. The molecule has 0 atom stereocenters. The van der Waals surface area contributed by atoms with Crippen LogP contribution in [0.5, 0.6) is 0 Å². The Bertz CT molecular complexity index is 2370. The molecule has 1 aliphatic carbocycles. The molecule has 0 aromatic heterocycles. The van der Waals surface area contributed by atoms with Crippen molar-refractivity contribution in [2.24, 2.45) is 0 Å². The summed E-state index contributed by atoms with van der Waals surface area (Å²) in [4.78, 5) is 0. The van der Waals surface area contributed by atoms with Gasteiger partial charge in [0.15, 0.2) is 0 Å². The SMILES string of the molecule is BrC1=c2cccc3c2c(c2c(-c4ccccc4)c4c5ccc(Br)c6cccc(c4c(-c4ccccc4)c23)c65)CC1. The molecule has 0 saturated heterocycles. The molecule has 8 aromatic carbocycles. The predicted octanol–water partition coefficient (Wildman–Crippen LogP) is 11.2. The van der Waals surface area contributed by atoms with Gasteiger partial charge in [-0.3, -0.25) is 0 Å². The molecule has 0 nitrogen and oxygen atoms in total. The fraction of sp³-hybridized carbons (Fsp3) is 0.0526. The van der Waals surface area contributed by atoms with Gasteiger partial charge in [-0.05, 0) is 106 Å². The minimum absolute atomic E-state index is 1.03. The van der Waals surface area contributed by atoms with E-state index in [2.05, 4.69) is 141 Å². The van der Waals surface area contributed by atoms with Crippen LogP contribution in [-0.2, 0) is 6.42 Å². The van der Waals surface area contributed by atoms with Crippen molar-refractivity contribution in [3.05, 3.63) is 124 Å². The molecule has 0 aliphatic heterocycles. The largest absolute Gasteiger partial charge is 0.0622 e. The third-order valence-corrected chi connectivity index (χ3v) is 10.5. The van der Waals surface area contributed by atoms with Crippen molar-refractivity contribution in [1.82, 2.24) is 0 Å². The summed E-state index contributed by atoms with van der Waals surface area (Å²) < 4.78 is 2.46. The molecule has 0 N–H and O–H groups in total. The fourth-order valence-electron chi connectivity index (χ4n) is 7.49. The minimum Gasteiger partial charge on any atom is -0.0622 e. The van der Waals surface area contributed by atoms with E-state index in [4.69, 9.17) is 0 Å². The van der Waals surface area contributed by atoms with Crippen LogP contribution in [0.15, 0.2) is 114 Å². The Morgan fingerprint density at radius 3 is 1.65 bits per heavy atom. The van der Waals surface area contributed by atoms with E-state index in [0.29, 0.717) is 0 Å². The first-order valence-electron chi connectivity index (χ1n) is 13.8. The molecule has 0 fully saturated rings. The summed E-state index contributed by atoms with van der Waals surface area (Å²) in [5.74, 6) is 0. The maximum Gasteiger partial charge on any atom is 0.0254 e. The van der Waals surface area contributed by atoms with E-state index in [1.165, 1.54) is 91.4 Å². The molecule has 188 valence electrons. The van der Waals surface area contributed by atoms with E-state index in [1.54, 1.807) is 0 Å². The first-order chi connectivity index (χ1) is 19.7. The maximum atomic E-state index is 3.95. The molecule has 0 unspecified atom stereocenters. The molecule has 0 radical (unpaired) electrons. The van der Waals surface area contributed by atoms with Gasteiger partial charge in [0.25, 0.3) is 0 Å². The number of hydrogen-bond acceptors (Lipinski definition) is 0. The van der Waals surface area contributed by atoms with Gasteiger partial charge in [-0.2, -0.15) is 0 Å². The van der Waals surface area contributed by atoms with Gasteiger partial charge in [0.2, 0.25) is 0 Å². The lowest BCUT2D eigenvalue weighted by Gasteiger charge is -2.17. The quantitative estimate of drug-likeness (QED) is 0.177. The summed E-state index contributed by atoms with van der Waals surface area (Å²) in [6.45, 7) is 0. The third kappa shape index (κ3) is 2.91. The van der Waals surface area contributed by atoms with Crippen LogP contribution >= 0.6 is 31.9 Å². The van der Waals surface area contributed by atoms with Crippen LogP contribution < -0.4 is 5.22 Å². The monoisotopic (exact) mass is 636 g/mol. The molecule has 0 heterocycles. The number of rotatable bonds is 2. The van der Waals surface area contributed by atoms with Crippen molar-refractivity contribution >= 4 is 90.2 Å². The first-order valence-corrected chi connectivity index (χ1v) is 15.4. The van der Waals surface area contributed by atoms with Crippen LogP contribution in [0.2, 0.25) is 0 Å². The second kappa shape index (κ2) is 8.39. The first kappa shape index (κ1) is 23.0. The molecule has 0 amide bonds. The lowest BCUT2D eigenvalue weighted by Crippen LogP contribution is -2.10. The highest BCUT2D eigenvalue weighted by molar-refractivity contribution is 9.14. The smallest absolute Gasteiger partial charge is 0.0254 e. The Kier molecular flexibility index (Phi) is 4.83. The predicted molar refractivity (Wildman–Crippen MR) is 180 cm³/mol. The lowest BCUT2D eigenvalue weighted by molar-refractivity contribution is 1.04. The maximum absolute atomic E-state index is 3.95. The molecule has 1 aliphatic rings. The highest BCUT2D eigenvalue weighted by Crippen LogP contribution is 2.55. The summed E-state index contributed by atoms with van der Waals surface area (Å²) in [5.41, 5.74) is 6.79. The average Bonchev–Trinajstić information content (AvgIpc) is 3.51. The highest BCUT2D eigenvalue weighted by Gasteiger charge is 2.29. The number of fused-ring (bicyclic) bond motifs is 6. The second-order valence-electron chi connectivity index (χ2n) is 10.9. The normalized spacial score (nSPS) is 13.5. The van der Waals surface area contributed by atoms with Crippen molar-refractivity contribution in [3.63, 3.8) is 0 Å². The highest BCUT2D eigenvalue weighted by atomic mass is 79.9. The van der Waals surface area contributed by atoms with Crippen molar-refractivity contribution in [2.45, 2.75) is 12.8 Å². The van der Waals surface area contributed by atoms with E-state index in [1.807, 2.05) is 0 Å². The molecule has 0 spiro atoms. The molecule has 8 aromatic rings. The van der Waals surface area contributed by atoms with Gasteiger partial charge in [0.1, 0.15) is 0 Å². The summed E-state index contributed by atoms with van der Waals surface area (Å²) in [7, 11) is 0. The fourth-order valence-corrected chi connectivity index (χ4v) is 8.48. The Hall–Kier alpha value is -3.72. The van der Waals surface area contributed by atoms with Gasteiger partial charge in [-0.1, -0.05) is 135 Å². The third-order valence-electron chi connectivity index (χ3n) is 8.98. The van der Waals surface area contributed by atoms with Crippen LogP contribution in [0.25, 0.3) is 80.6 Å². The zero-order chi connectivity index (χ0) is 26.5. The minimum atomic E-state index is 1.03. The van der Waals surface area contributed by atoms with Gasteiger partial charge in [-0.15, -0.1) is 0 Å². The van der Waals surface area contributed by atoms with E-state index in [0.717, 1.165) is 17.3 Å². The number of halogens is 2. The number of aryl methyl sites for hydroxylation is 1. The molecule has 0 saturated carbocycles. The Morgan fingerprint density at radius 2 is 0.950 bits per heavy atom. The van der Waals surface area contributed by atoms with Gasteiger partial charge in [-0.25, -0.2) is 0 Å². The van der Waals surface area contributed by atoms with E-state index in [-0.39, 0.29) is 0 Å². The van der Waals surface area contributed by atoms with Crippen LogP contribution in [-0.4, -0.2) is 0 Å². The lowest BCUT2D eigenvalue weighted by atomic mass is 9.86. The zero-order valence-corrected chi connectivity index (χ0v) is 24.7. The zero-order valence-electron chi connectivity index (χ0n) is 21.6. The van der Waals surface area contributed by atoms with E-state index in [9.17, 15) is 0 Å². The summed E-state index contributed by atoms with van der Waals surface area (Å²) in [6, 6.07) is 40.4. The standard InChI is InChI=1S/C38H22Br2/c39-29-19-17-27-33-23(29)13-7-15-25(33)35-31(21-9-3-1-4-10-21)36-26-16-8-14-24-30(40)20-18-28(34(24)26)38(36)32(37(27)35)22-11-5-2-6-12-22/h1-17,19H,18,20H2. The molecule has 40 heavy (non-hydrogen) atoms. The molecule has 0 bridgehead atoms. The van der Waals surface area contributed by atoms with E-state index >= 15 is 0 Å². The van der Waals surface area contributed by atoms with Gasteiger partial charge < -0.3 is 0 Å². The second-order valence-corrected chi connectivity index (χ2v) is 12.7. The van der Waals surface area contributed by atoms with Crippen LogP contribution in [0.3, 0.4) is 0 Å². The molecule has 9 rings (SSSR count). The molecular formula is C38H22Br2. The van der Waals surface area contributed by atoms with Crippen LogP contribution in [0, 0.1) is 0 Å². The average molecular weight is 638 g/mol. The van der Waals surface area contributed by atoms with Crippen molar-refractivity contribution < 1.29 is 0 Å². The molecule has 2 heteroatoms. The van der Waals surface area contributed by atoms with Gasteiger partial charge in [0.05, 0.1) is 0 Å². The Balaban J connectivity index is 1.71. The van der Waals surface area contributed by atoms with Crippen molar-refractivity contribution in [3.8, 4) is 22.3 Å². The number of benzene rings is 6. The summed E-state index contributed by atoms with van der Waals surface area (Å²) in [6.07, 6.45) is 2.06. The topological polar surface area (TPSA) is 0 Å². The van der Waals surface area contributed by atoms with Crippen LogP contribution in [0.1, 0.15) is 12.0 Å². The molecular weight excluding hydrogens is 616 g/mol. The van der Waals surface area contributed by atoms with Gasteiger partial charge in [0, 0.05) is 8.96 Å². The summed E-state index contributed by atoms with van der Waals surface area (Å²) >= 11 is 7.82. The Labute approximate surface area is 248 Å². The Morgan fingerprint density at radius 1 is 0.400 bits per heavy atom.